The monoisotopic (exact) mass is 369 g/mol. The third-order valence-electron chi connectivity index (χ3n) is 5.00. The van der Waals surface area contributed by atoms with Gasteiger partial charge in [-0.3, -0.25) is 14.3 Å². The van der Waals surface area contributed by atoms with Crippen LogP contribution in [0, 0.1) is 5.92 Å². The first-order valence-electron chi connectivity index (χ1n) is 9.23. The summed E-state index contributed by atoms with van der Waals surface area (Å²) >= 11 is 0. The number of aromatic nitrogens is 2. The van der Waals surface area contributed by atoms with Gasteiger partial charge in [-0.05, 0) is 29.7 Å². The predicted octanol–water partition coefficient (Wildman–Crippen LogP) is 0.784. The molecule has 0 radical (unpaired) electrons. The molecule has 1 aliphatic heterocycles. The van der Waals surface area contributed by atoms with Crippen molar-refractivity contribution in [2.45, 2.75) is 12.3 Å². The van der Waals surface area contributed by atoms with E-state index in [1.807, 2.05) is 43.7 Å². The number of hydrogen-bond donors (Lipinski definition) is 2. The molecular formula is C20H27N5O2. The van der Waals surface area contributed by atoms with Crippen LogP contribution in [0.2, 0.25) is 0 Å². The molecule has 2 aromatic rings. The standard InChI is InChI=1S/C20H27N5O2/c1-24(2)20(27)15-6-4-5-14(9-15)7-8-22-19(26)18-12-21-11-17(18)16-10-23-25(3)13-16/h4-6,9-10,13,17-18,21H,7-8,11-12H2,1-3H3,(H,22,26)/t17-,18+/m1/s1. The Hall–Kier alpha value is -2.67. The Labute approximate surface area is 159 Å². The Morgan fingerprint density at radius 1 is 1.33 bits per heavy atom. The number of nitrogens with one attached hydrogen (secondary N) is 2. The zero-order valence-corrected chi connectivity index (χ0v) is 16.1. The molecule has 2 N–H and O–H groups in total. The zero-order valence-electron chi connectivity index (χ0n) is 16.1. The molecule has 144 valence electrons. The molecule has 0 saturated carbocycles. The van der Waals surface area contributed by atoms with Crippen LogP contribution in [0.25, 0.3) is 0 Å². The lowest BCUT2D eigenvalue weighted by Crippen LogP contribution is -2.35. The third-order valence-corrected chi connectivity index (χ3v) is 5.00. The Kier molecular flexibility index (Phi) is 5.91. The number of rotatable bonds is 6. The quantitative estimate of drug-likeness (QED) is 0.789. The van der Waals surface area contributed by atoms with Crippen LogP contribution in [0.1, 0.15) is 27.4 Å². The van der Waals surface area contributed by atoms with Crippen molar-refractivity contribution in [2.24, 2.45) is 13.0 Å². The number of carbonyl (C=O) groups is 2. The first-order chi connectivity index (χ1) is 13.0. The molecule has 1 aromatic carbocycles. The van der Waals surface area contributed by atoms with Crippen molar-refractivity contribution in [2.75, 3.05) is 33.7 Å². The molecule has 2 heterocycles. The molecule has 2 amide bonds. The van der Waals surface area contributed by atoms with Crippen molar-refractivity contribution in [3.05, 3.63) is 53.3 Å². The second kappa shape index (κ2) is 8.35. The van der Waals surface area contributed by atoms with Crippen LogP contribution >= 0.6 is 0 Å². The molecule has 1 aliphatic rings. The molecule has 7 heteroatoms. The molecular weight excluding hydrogens is 342 g/mol. The summed E-state index contributed by atoms with van der Waals surface area (Å²) in [5.74, 6) is 0.113. The van der Waals surface area contributed by atoms with E-state index >= 15 is 0 Å². The van der Waals surface area contributed by atoms with Crippen LogP contribution in [-0.4, -0.2) is 60.2 Å². The number of benzene rings is 1. The average molecular weight is 369 g/mol. The molecule has 1 saturated heterocycles. The summed E-state index contributed by atoms with van der Waals surface area (Å²) in [6, 6.07) is 7.57. The van der Waals surface area contributed by atoms with Crippen molar-refractivity contribution in [3.8, 4) is 0 Å². The minimum atomic E-state index is -0.0872. The normalized spacial score (nSPS) is 19.1. The van der Waals surface area contributed by atoms with E-state index in [1.165, 1.54) is 0 Å². The van der Waals surface area contributed by atoms with Crippen LogP contribution in [-0.2, 0) is 18.3 Å². The van der Waals surface area contributed by atoms with Crippen LogP contribution in [0.4, 0.5) is 0 Å². The number of amides is 2. The van der Waals surface area contributed by atoms with E-state index in [0.29, 0.717) is 25.1 Å². The fourth-order valence-corrected chi connectivity index (χ4v) is 3.52. The van der Waals surface area contributed by atoms with Crippen molar-refractivity contribution in [3.63, 3.8) is 0 Å². The summed E-state index contributed by atoms with van der Waals surface area (Å²) in [6.07, 6.45) is 4.51. The van der Waals surface area contributed by atoms with Gasteiger partial charge in [0.05, 0.1) is 12.1 Å². The minimum Gasteiger partial charge on any atom is -0.355 e. The van der Waals surface area contributed by atoms with Crippen molar-refractivity contribution in [1.82, 2.24) is 25.3 Å². The maximum absolute atomic E-state index is 12.7. The fraction of sp³-hybridized carbons (Fsp3) is 0.450. The van der Waals surface area contributed by atoms with E-state index in [2.05, 4.69) is 15.7 Å². The number of aryl methyl sites for hydroxylation is 1. The molecule has 27 heavy (non-hydrogen) atoms. The van der Waals surface area contributed by atoms with E-state index < -0.39 is 0 Å². The minimum absolute atomic E-state index is 0.0165. The molecule has 1 fully saturated rings. The SMILES string of the molecule is CN(C)C(=O)c1cccc(CCNC(=O)[C@H]2CNC[C@@H]2c2cnn(C)c2)c1. The molecule has 0 aliphatic carbocycles. The Morgan fingerprint density at radius 2 is 2.15 bits per heavy atom. The maximum atomic E-state index is 12.7. The smallest absolute Gasteiger partial charge is 0.253 e. The molecule has 7 nitrogen and oxygen atoms in total. The summed E-state index contributed by atoms with van der Waals surface area (Å²) in [7, 11) is 5.36. The second-order valence-electron chi connectivity index (χ2n) is 7.26. The highest BCUT2D eigenvalue weighted by Crippen LogP contribution is 2.27. The van der Waals surface area contributed by atoms with E-state index in [4.69, 9.17) is 0 Å². The Balaban J connectivity index is 1.55. The van der Waals surface area contributed by atoms with Gasteiger partial charge in [-0.15, -0.1) is 0 Å². The highest BCUT2D eigenvalue weighted by atomic mass is 16.2. The zero-order chi connectivity index (χ0) is 19.4. The maximum Gasteiger partial charge on any atom is 0.253 e. The lowest BCUT2D eigenvalue weighted by Gasteiger charge is -2.17. The Morgan fingerprint density at radius 3 is 2.85 bits per heavy atom. The van der Waals surface area contributed by atoms with Gasteiger partial charge in [-0.2, -0.15) is 5.10 Å². The molecule has 0 spiro atoms. The van der Waals surface area contributed by atoms with Crippen molar-refractivity contribution < 1.29 is 9.59 Å². The van der Waals surface area contributed by atoms with Gasteiger partial charge in [-0.25, -0.2) is 0 Å². The van der Waals surface area contributed by atoms with Crippen LogP contribution in [0.15, 0.2) is 36.7 Å². The van der Waals surface area contributed by atoms with Crippen molar-refractivity contribution >= 4 is 11.8 Å². The average Bonchev–Trinajstić information content (AvgIpc) is 3.29. The third kappa shape index (κ3) is 4.54. The highest BCUT2D eigenvalue weighted by molar-refractivity contribution is 5.94. The number of carbonyl (C=O) groups excluding carboxylic acids is 2. The number of nitrogens with zero attached hydrogens (tertiary/aromatic N) is 3. The molecule has 2 atom stereocenters. The van der Waals surface area contributed by atoms with Gasteiger partial charge in [-0.1, -0.05) is 12.1 Å². The summed E-state index contributed by atoms with van der Waals surface area (Å²) in [4.78, 5) is 26.3. The molecule has 0 unspecified atom stereocenters. The molecule has 1 aromatic heterocycles. The predicted molar refractivity (Wildman–Crippen MR) is 103 cm³/mol. The lowest BCUT2D eigenvalue weighted by molar-refractivity contribution is -0.124. The lowest BCUT2D eigenvalue weighted by atomic mass is 9.90. The second-order valence-corrected chi connectivity index (χ2v) is 7.26. The summed E-state index contributed by atoms with van der Waals surface area (Å²) < 4.78 is 1.77. The highest BCUT2D eigenvalue weighted by Gasteiger charge is 2.34. The van der Waals surface area contributed by atoms with Crippen LogP contribution < -0.4 is 10.6 Å². The van der Waals surface area contributed by atoms with Gasteiger partial charge < -0.3 is 15.5 Å². The van der Waals surface area contributed by atoms with Gasteiger partial charge >= 0.3 is 0 Å². The largest absolute Gasteiger partial charge is 0.355 e. The van der Waals surface area contributed by atoms with E-state index in [1.54, 1.807) is 23.7 Å². The summed E-state index contributed by atoms with van der Waals surface area (Å²) in [5, 5.41) is 10.6. The van der Waals surface area contributed by atoms with Gasteiger partial charge in [0.15, 0.2) is 0 Å². The topological polar surface area (TPSA) is 79.3 Å². The van der Waals surface area contributed by atoms with E-state index in [0.717, 1.165) is 17.7 Å². The van der Waals surface area contributed by atoms with Gasteiger partial charge in [0.1, 0.15) is 0 Å². The fourth-order valence-electron chi connectivity index (χ4n) is 3.52. The number of hydrogen-bond acceptors (Lipinski definition) is 4. The molecule has 0 bridgehead atoms. The van der Waals surface area contributed by atoms with E-state index in [-0.39, 0.29) is 23.7 Å². The van der Waals surface area contributed by atoms with Crippen LogP contribution in [0.3, 0.4) is 0 Å². The summed E-state index contributed by atoms with van der Waals surface area (Å²) in [5.41, 5.74) is 2.80. The van der Waals surface area contributed by atoms with Crippen LogP contribution in [0.5, 0.6) is 0 Å². The van der Waals surface area contributed by atoms with Gasteiger partial charge in [0, 0.05) is 58.5 Å². The van der Waals surface area contributed by atoms with Gasteiger partial charge in [0.25, 0.3) is 5.91 Å². The van der Waals surface area contributed by atoms with E-state index in [9.17, 15) is 9.59 Å². The summed E-state index contributed by atoms with van der Waals surface area (Å²) in [6.45, 7) is 2.02. The Bertz CT molecular complexity index is 814. The van der Waals surface area contributed by atoms with Crippen molar-refractivity contribution in [1.29, 1.82) is 0 Å². The van der Waals surface area contributed by atoms with Gasteiger partial charge in [0.2, 0.25) is 5.91 Å². The molecule has 3 rings (SSSR count). The first-order valence-corrected chi connectivity index (χ1v) is 9.23. The first kappa shape index (κ1) is 19.1.